The van der Waals surface area contributed by atoms with Crippen LogP contribution < -0.4 is 10.5 Å². The topological polar surface area (TPSA) is 81.8 Å². The standard InChI is InChI=1S/C12H17NO4/c1-16-11-4-3-8(5-10(11)14)9(7-13)6-12(15)17-2/h3-5,9,14H,6-7,13H2,1-2H3. The van der Waals surface area contributed by atoms with Gasteiger partial charge < -0.3 is 20.3 Å². The average Bonchev–Trinajstić information content (AvgIpc) is 2.35. The SMILES string of the molecule is COC(=O)CC(CN)c1ccc(OC)c(O)c1. The summed E-state index contributed by atoms with van der Waals surface area (Å²) in [6, 6.07) is 4.98. The fourth-order valence-electron chi connectivity index (χ4n) is 1.58. The Hall–Kier alpha value is -1.75. The molecule has 1 aromatic carbocycles. The number of benzene rings is 1. The number of carbonyl (C=O) groups excluding carboxylic acids is 1. The van der Waals surface area contributed by atoms with Gasteiger partial charge in [-0.05, 0) is 24.2 Å². The van der Waals surface area contributed by atoms with Crippen molar-refractivity contribution in [1.82, 2.24) is 0 Å². The van der Waals surface area contributed by atoms with Crippen molar-refractivity contribution >= 4 is 5.97 Å². The van der Waals surface area contributed by atoms with E-state index in [0.29, 0.717) is 12.3 Å². The Balaban J connectivity index is 2.88. The maximum absolute atomic E-state index is 11.2. The molecule has 0 radical (unpaired) electrons. The van der Waals surface area contributed by atoms with Crippen LogP contribution in [0.4, 0.5) is 0 Å². The van der Waals surface area contributed by atoms with E-state index in [1.807, 2.05) is 0 Å². The molecule has 1 aromatic rings. The van der Waals surface area contributed by atoms with E-state index in [1.54, 1.807) is 18.2 Å². The molecule has 94 valence electrons. The van der Waals surface area contributed by atoms with E-state index in [-0.39, 0.29) is 24.1 Å². The first-order valence-corrected chi connectivity index (χ1v) is 5.26. The van der Waals surface area contributed by atoms with Crippen LogP contribution in [0.5, 0.6) is 11.5 Å². The van der Waals surface area contributed by atoms with Gasteiger partial charge in [-0.25, -0.2) is 0 Å². The molecule has 0 amide bonds. The summed E-state index contributed by atoms with van der Waals surface area (Å²) < 4.78 is 9.54. The number of nitrogens with two attached hydrogens (primary N) is 1. The minimum absolute atomic E-state index is 0.0355. The molecule has 0 aromatic heterocycles. The molecular formula is C12H17NO4. The van der Waals surface area contributed by atoms with E-state index in [2.05, 4.69) is 4.74 Å². The highest BCUT2D eigenvalue weighted by Gasteiger charge is 2.16. The Bertz CT molecular complexity index is 392. The molecule has 5 heteroatoms. The van der Waals surface area contributed by atoms with Gasteiger partial charge in [-0.15, -0.1) is 0 Å². The number of aromatic hydroxyl groups is 1. The summed E-state index contributed by atoms with van der Waals surface area (Å²) in [6.45, 7) is 0.306. The number of methoxy groups -OCH3 is 2. The third kappa shape index (κ3) is 3.35. The van der Waals surface area contributed by atoms with Crippen LogP contribution in [-0.4, -0.2) is 31.8 Å². The van der Waals surface area contributed by atoms with Crippen LogP contribution in [0.3, 0.4) is 0 Å². The molecule has 1 atom stereocenters. The lowest BCUT2D eigenvalue weighted by Crippen LogP contribution is -2.17. The van der Waals surface area contributed by atoms with Crippen LogP contribution in [0.15, 0.2) is 18.2 Å². The molecule has 5 nitrogen and oxygen atoms in total. The van der Waals surface area contributed by atoms with E-state index in [9.17, 15) is 9.90 Å². The van der Waals surface area contributed by atoms with Crippen molar-refractivity contribution in [2.24, 2.45) is 5.73 Å². The molecule has 0 bridgehead atoms. The zero-order valence-electron chi connectivity index (χ0n) is 9.97. The minimum atomic E-state index is -0.323. The Morgan fingerprint density at radius 2 is 2.18 bits per heavy atom. The van der Waals surface area contributed by atoms with Crippen LogP contribution in [0.2, 0.25) is 0 Å². The molecule has 0 saturated carbocycles. The highest BCUT2D eigenvalue weighted by molar-refractivity contribution is 5.70. The van der Waals surface area contributed by atoms with Crippen molar-refractivity contribution in [3.63, 3.8) is 0 Å². The summed E-state index contributed by atoms with van der Waals surface area (Å²) in [4.78, 5) is 11.2. The van der Waals surface area contributed by atoms with Crippen molar-refractivity contribution in [3.8, 4) is 11.5 Å². The van der Waals surface area contributed by atoms with Crippen LogP contribution in [0.1, 0.15) is 17.9 Å². The van der Waals surface area contributed by atoms with Gasteiger partial charge >= 0.3 is 5.97 Å². The van der Waals surface area contributed by atoms with Crippen LogP contribution in [0.25, 0.3) is 0 Å². The summed E-state index contributed by atoms with van der Waals surface area (Å²) in [6.07, 6.45) is 0.193. The zero-order valence-corrected chi connectivity index (χ0v) is 9.97. The minimum Gasteiger partial charge on any atom is -0.504 e. The first-order chi connectivity index (χ1) is 8.12. The number of hydrogen-bond donors (Lipinski definition) is 2. The molecule has 0 spiro atoms. The molecular weight excluding hydrogens is 222 g/mol. The van der Waals surface area contributed by atoms with Gasteiger partial charge in [0, 0.05) is 5.92 Å². The van der Waals surface area contributed by atoms with Crippen LogP contribution >= 0.6 is 0 Å². The lowest BCUT2D eigenvalue weighted by atomic mass is 9.95. The molecule has 0 aliphatic heterocycles. The number of ether oxygens (including phenoxy) is 2. The second-order valence-electron chi connectivity index (χ2n) is 3.64. The number of phenolic OH excluding ortho intramolecular Hbond substituents is 1. The maximum atomic E-state index is 11.2. The Morgan fingerprint density at radius 3 is 2.65 bits per heavy atom. The number of phenols is 1. The van der Waals surface area contributed by atoms with E-state index in [0.717, 1.165) is 5.56 Å². The van der Waals surface area contributed by atoms with Gasteiger partial charge in [0.25, 0.3) is 0 Å². The van der Waals surface area contributed by atoms with Crippen LogP contribution in [0, 0.1) is 0 Å². The Labute approximate surface area is 100 Å². The molecule has 0 fully saturated rings. The van der Waals surface area contributed by atoms with Gasteiger partial charge in [-0.2, -0.15) is 0 Å². The van der Waals surface area contributed by atoms with E-state index < -0.39 is 0 Å². The van der Waals surface area contributed by atoms with Crippen molar-refractivity contribution < 1.29 is 19.4 Å². The summed E-state index contributed by atoms with van der Waals surface area (Å²) >= 11 is 0. The highest BCUT2D eigenvalue weighted by Crippen LogP contribution is 2.30. The number of carbonyl (C=O) groups is 1. The highest BCUT2D eigenvalue weighted by atomic mass is 16.5. The van der Waals surface area contributed by atoms with Crippen LogP contribution in [-0.2, 0) is 9.53 Å². The largest absolute Gasteiger partial charge is 0.504 e. The second-order valence-corrected chi connectivity index (χ2v) is 3.64. The summed E-state index contributed by atoms with van der Waals surface area (Å²) in [7, 11) is 2.81. The van der Waals surface area contributed by atoms with Crippen molar-refractivity contribution in [2.45, 2.75) is 12.3 Å². The number of esters is 1. The first-order valence-electron chi connectivity index (χ1n) is 5.26. The Morgan fingerprint density at radius 1 is 1.47 bits per heavy atom. The smallest absolute Gasteiger partial charge is 0.306 e. The van der Waals surface area contributed by atoms with E-state index in [4.69, 9.17) is 10.5 Å². The van der Waals surface area contributed by atoms with Gasteiger partial charge in [-0.3, -0.25) is 4.79 Å². The molecule has 1 unspecified atom stereocenters. The normalized spacial score (nSPS) is 11.9. The van der Waals surface area contributed by atoms with Gasteiger partial charge in [-0.1, -0.05) is 6.07 Å². The second kappa shape index (κ2) is 6.10. The predicted octanol–water partition coefficient (Wildman–Crippen LogP) is 1.01. The summed E-state index contributed by atoms with van der Waals surface area (Å²) in [5.41, 5.74) is 6.40. The van der Waals surface area contributed by atoms with E-state index in [1.165, 1.54) is 14.2 Å². The summed E-state index contributed by atoms with van der Waals surface area (Å²) in [5.74, 6) is -0.0640. The lowest BCUT2D eigenvalue weighted by molar-refractivity contribution is -0.141. The number of rotatable bonds is 5. The van der Waals surface area contributed by atoms with Gasteiger partial charge in [0.15, 0.2) is 11.5 Å². The zero-order chi connectivity index (χ0) is 12.8. The van der Waals surface area contributed by atoms with Crippen molar-refractivity contribution in [1.29, 1.82) is 0 Å². The predicted molar refractivity (Wildman–Crippen MR) is 63.1 cm³/mol. The van der Waals surface area contributed by atoms with Gasteiger partial charge in [0.05, 0.1) is 20.6 Å². The van der Waals surface area contributed by atoms with Gasteiger partial charge in [0.1, 0.15) is 0 Å². The molecule has 0 heterocycles. The molecule has 17 heavy (non-hydrogen) atoms. The number of hydrogen-bond acceptors (Lipinski definition) is 5. The van der Waals surface area contributed by atoms with Crippen molar-refractivity contribution in [3.05, 3.63) is 23.8 Å². The summed E-state index contributed by atoms with van der Waals surface area (Å²) in [5, 5.41) is 9.65. The molecule has 3 N–H and O–H groups in total. The molecule has 1 rings (SSSR count). The Kier molecular flexibility index (Phi) is 4.78. The molecule has 0 saturated heterocycles. The fourth-order valence-corrected chi connectivity index (χ4v) is 1.58. The average molecular weight is 239 g/mol. The monoisotopic (exact) mass is 239 g/mol. The lowest BCUT2D eigenvalue weighted by Gasteiger charge is -2.15. The third-order valence-electron chi connectivity index (χ3n) is 2.60. The van der Waals surface area contributed by atoms with Gasteiger partial charge in [0.2, 0.25) is 0 Å². The first kappa shape index (κ1) is 13.3. The third-order valence-corrected chi connectivity index (χ3v) is 2.60. The maximum Gasteiger partial charge on any atom is 0.306 e. The molecule has 0 aliphatic rings. The molecule has 0 aliphatic carbocycles. The van der Waals surface area contributed by atoms with Crippen molar-refractivity contribution in [2.75, 3.05) is 20.8 Å². The fraction of sp³-hybridized carbons (Fsp3) is 0.417. The van der Waals surface area contributed by atoms with E-state index >= 15 is 0 Å². The quantitative estimate of drug-likeness (QED) is 0.749.